The Bertz CT molecular complexity index is 352. The van der Waals surface area contributed by atoms with Crippen LogP contribution in [0.2, 0.25) is 0 Å². The minimum atomic E-state index is 0.855. The van der Waals surface area contributed by atoms with Crippen LogP contribution < -0.4 is 0 Å². The molecule has 0 saturated carbocycles. The Kier molecular flexibility index (Phi) is 8.46. The van der Waals surface area contributed by atoms with Gasteiger partial charge in [0.25, 0.3) is 0 Å². The third-order valence-corrected chi connectivity index (χ3v) is 2.61. The van der Waals surface area contributed by atoms with E-state index in [0.717, 1.165) is 24.3 Å². The first-order valence-corrected chi connectivity index (χ1v) is 5.97. The molecule has 2 nitrogen and oxygen atoms in total. The zero-order chi connectivity index (χ0) is 12.4. The third-order valence-electron chi connectivity index (χ3n) is 2.20. The largest absolute Gasteiger partial charge is 0.283 e. The Morgan fingerprint density at radius 2 is 2.31 bits per heavy atom. The van der Waals surface area contributed by atoms with Gasteiger partial charge in [-0.2, -0.15) is 17.7 Å². The molecule has 0 aliphatic carbocycles. The van der Waals surface area contributed by atoms with E-state index in [2.05, 4.69) is 48.2 Å². The fourth-order valence-electron chi connectivity index (χ4n) is 1.16. The van der Waals surface area contributed by atoms with E-state index >= 15 is 0 Å². The highest BCUT2D eigenvalue weighted by Crippen LogP contribution is 2.08. The maximum atomic E-state index is 4.60. The first kappa shape index (κ1) is 14.9. The Hall–Kier alpha value is -1.14. The molecule has 0 radical (unpaired) electrons. The number of nitrogens with zero attached hydrogens (tertiary/aromatic N) is 1. The summed E-state index contributed by atoms with van der Waals surface area (Å²) in [6.07, 6.45) is 10.8. The van der Waals surface area contributed by atoms with Crippen LogP contribution >= 0.6 is 12.6 Å². The summed E-state index contributed by atoms with van der Waals surface area (Å²) in [4.78, 5) is 0. The van der Waals surface area contributed by atoms with Crippen LogP contribution in [0, 0.1) is 19.3 Å². The monoisotopic (exact) mass is 236 g/mol. The van der Waals surface area contributed by atoms with Gasteiger partial charge in [-0.3, -0.25) is 5.10 Å². The van der Waals surface area contributed by atoms with Crippen molar-refractivity contribution in [1.29, 1.82) is 0 Å². The quantitative estimate of drug-likeness (QED) is 0.469. The fourth-order valence-corrected chi connectivity index (χ4v) is 1.51. The van der Waals surface area contributed by atoms with E-state index in [0.29, 0.717) is 0 Å². The van der Waals surface area contributed by atoms with Crippen molar-refractivity contribution in [2.75, 3.05) is 5.75 Å². The van der Waals surface area contributed by atoms with Crippen LogP contribution in [0.25, 0.3) is 0 Å². The predicted molar refractivity (Wildman–Crippen MR) is 73.8 cm³/mol. The number of hydrogen-bond acceptors (Lipinski definition) is 2. The lowest BCUT2D eigenvalue weighted by atomic mass is 10.1. The predicted octanol–water partition coefficient (Wildman–Crippen LogP) is 3.17. The van der Waals surface area contributed by atoms with Gasteiger partial charge in [-0.05, 0) is 32.3 Å². The van der Waals surface area contributed by atoms with Crippen LogP contribution in [-0.2, 0) is 6.42 Å². The number of aryl methyl sites for hydroxylation is 1. The van der Waals surface area contributed by atoms with Crippen LogP contribution in [0.4, 0.5) is 0 Å². The molecule has 16 heavy (non-hydrogen) atoms. The summed E-state index contributed by atoms with van der Waals surface area (Å²) in [6, 6.07) is 0. The number of terminal acetylenes is 1. The van der Waals surface area contributed by atoms with Crippen LogP contribution in [0.5, 0.6) is 0 Å². The summed E-state index contributed by atoms with van der Waals surface area (Å²) in [5.41, 5.74) is 3.82. The van der Waals surface area contributed by atoms with Crippen molar-refractivity contribution >= 4 is 12.6 Å². The zero-order valence-corrected chi connectivity index (χ0v) is 11.1. The van der Waals surface area contributed by atoms with Crippen LogP contribution in [0.3, 0.4) is 0 Å². The van der Waals surface area contributed by atoms with E-state index in [-0.39, 0.29) is 0 Å². The van der Waals surface area contributed by atoms with Gasteiger partial charge in [0.05, 0.1) is 6.20 Å². The normalized spacial score (nSPS) is 10.3. The topological polar surface area (TPSA) is 28.7 Å². The standard InChI is InChI=1S/C10H16N2S.C3H4/c1-3-9(7-13)4-5-10-6-11-12-8(10)2;1-3-2/h4,6,13H,3,5,7H2,1-2H3,(H,11,12);1H,2H3/b9-4+;. The molecule has 0 bridgehead atoms. The molecule has 0 spiro atoms. The lowest BCUT2D eigenvalue weighted by molar-refractivity contribution is 1.04. The smallest absolute Gasteiger partial charge is 0.0525 e. The number of thiol groups is 1. The summed E-state index contributed by atoms with van der Waals surface area (Å²) in [7, 11) is 0. The molecular weight excluding hydrogens is 216 g/mol. The summed E-state index contributed by atoms with van der Waals surface area (Å²) in [5.74, 6) is 3.10. The first-order valence-electron chi connectivity index (χ1n) is 5.34. The highest BCUT2D eigenvalue weighted by Gasteiger charge is 1.98. The van der Waals surface area contributed by atoms with Gasteiger partial charge in [-0.25, -0.2) is 0 Å². The Balaban J connectivity index is 0.000000673. The van der Waals surface area contributed by atoms with E-state index in [1.807, 2.05) is 13.1 Å². The van der Waals surface area contributed by atoms with Gasteiger partial charge in [-0.1, -0.05) is 18.6 Å². The summed E-state index contributed by atoms with van der Waals surface area (Å²) in [6.45, 7) is 5.85. The van der Waals surface area contributed by atoms with Crippen LogP contribution in [0.15, 0.2) is 17.8 Å². The van der Waals surface area contributed by atoms with Crippen LogP contribution in [-0.4, -0.2) is 16.0 Å². The summed E-state index contributed by atoms with van der Waals surface area (Å²) in [5, 5.41) is 6.91. The molecule has 0 saturated heterocycles. The van der Waals surface area contributed by atoms with Crippen molar-refractivity contribution in [2.24, 2.45) is 0 Å². The molecule has 0 aliphatic rings. The van der Waals surface area contributed by atoms with Gasteiger partial charge >= 0.3 is 0 Å². The van der Waals surface area contributed by atoms with Crippen molar-refractivity contribution in [1.82, 2.24) is 10.2 Å². The minimum Gasteiger partial charge on any atom is -0.283 e. The SMILES string of the molecule is C#CC.CC/C(=C\Cc1cn[nH]c1C)CS. The number of nitrogens with one attached hydrogen (secondary N) is 1. The maximum Gasteiger partial charge on any atom is 0.0525 e. The molecule has 0 atom stereocenters. The zero-order valence-electron chi connectivity index (χ0n) is 10.2. The van der Waals surface area contributed by atoms with Gasteiger partial charge in [0.1, 0.15) is 0 Å². The van der Waals surface area contributed by atoms with Crippen molar-refractivity contribution in [2.45, 2.75) is 33.6 Å². The second kappa shape index (κ2) is 9.11. The Morgan fingerprint density at radius 1 is 1.69 bits per heavy atom. The molecule has 1 heterocycles. The van der Waals surface area contributed by atoms with E-state index in [1.54, 1.807) is 6.92 Å². The number of rotatable bonds is 4. The van der Waals surface area contributed by atoms with E-state index in [9.17, 15) is 0 Å². The highest BCUT2D eigenvalue weighted by atomic mass is 32.1. The number of hydrogen-bond donors (Lipinski definition) is 2. The number of aromatic amines is 1. The molecule has 0 fully saturated rings. The van der Waals surface area contributed by atoms with Gasteiger partial charge in [0.2, 0.25) is 0 Å². The summed E-state index contributed by atoms with van der Waals surface area (Å²) < 4.78 is 0. The second-order valence-corrected chi connectivity index (χ2v) is 3.70. The average Bonchev–Trinajstić information content (AvgIpc) is 2.67. The average molecular weight is 236 g/mol. The van der Waals surface area contributed by atoms with Gasteiger partial charge in [0, 0.05) is 11.4 Å². The number of aromatic nitrogens is 2. The molecule has 88 valence electrons. The van der Waals surface area contributed by atoms with Crippen molar-refractivity contribution in [3.63, 3.8) is 0 Å². The van der Waals surface area contributed by atoms with E-state index in [4.69, 9.17) is 0 Å². The second-order valence-electron chi connectivity index (χ2n) is 3.39. The molecule has 0 unspecified atom stereocenters. The fraction of sp³-hybridized carbons (Fsp3) is 0.462. The molecule has 1 aromatic heterocycles. The molecule has 0 aromatic carbocycles. The molecule has 0 amide bonds. The summed E-state index contributed by atoms with van der Waals surface area (Å²) >= 11 is 4.26. The Morgan fingerprint density at radius 3 is 2.69 bits per heavy atom. The third kappa shape index (κ3) is 5.67. The minimum absolute atomic E-state index is 0.855. The molecular formula is C13H20N2S. The van der Waals surface area contributed by atoms with Crippen LogP contribution in [0.1, 0.15) is 31.5 Å². The van der Waals surface area contributed by atoms with Gasteiger partial charge in [-0.15, -0.1) is 12.3 Å². The molecule has 3 heteroatoms. The van der Waals surface area contributed by atoms with Gasteiger partial charge < -0.3 is 0 Å². The lowest BCUT2D eigenvalue weighted by Crippen LogP contribution is -1.87. The van der Waals surface area contributed by atoms with Crippen molar-refractivity contribution < 1.29 is 0 Å². The van der Waals surface area contributed by atoms with Crippen molar-refractivity contribution in [3.8, 4) is 12.3 Å². The first-order chi connectivity index (χ1) is 7.69. The number of H-pyrrole nitrogens is 1. The molecule has 1 N–H and O–H groups in total. The molecule has 0 aliphatic heterocycles. The highest BCUT2D eigenvalue weighted by molar-refractivity contribution is 7.80. The molecule has 1 aromatic rings. The van der Waals surface area contributed by atoms with E-state index < -0.39 is 0 Å². The number of allylic oxidation sites excluding steroid dienone is 1. The maximum absolute atomic E-state index is 4.60. The lowest BCUT2D eigenvalue weighted by Gasteiger charge is -1.98. The Labute approximate surface area is 104 Å². The van der Waals surface area contributed by atoms with Crippen molar-refractivity contribution in [3.05, 3.63) is 29.1 Å². The van der Waals surface area contributed by atoms with E-state index in [1.165, 1.54) is 11.1 Å². The molecule has 1 rings (SSSR count). The van der Waals surface area contributed by atoms with Gasteiger partial charge in [0.15, 0.2) is 0 Å².